The molecule has 4 heteroatoms. The van der Waals surface area contributed by atoms with Crippen molar-refractivity contribution in [3.05, 3.63) is 29.6 Å². The van der Waals surface area contributed by atoms with E-state index in [0.717, 1.165) is 25.3 Å². The Balaban J connectivity index is 2.24. The van der Waals surface area contributed by atoms with Crippen molar-refractivity contribution in [2.45, 2.75) is 32.2 Å². The summed E-state index contributed by atoms with van der Waals surface area (Å²) in [5.41, 5.74) is 0.187. The summed E-state index contributed by atoms with van der Waals surface area (Å²) < 4.78 is 12.8. The number of likely N-dealkylation sites (tertiary alicyclic amines) is 1. The number of benzene rings is 1. The lowest BCUT2D eigenvalue weighted by molar-refractivity contribution is 0.0730. The van der Waals surface area contributed by atoms with Gasteiger partial charge in [0.15, 0.2) is 0 Å². The fourth-order valence-electron chi connectivity index (χ4n) is 2.37. The van der Waals surface area contributed by atoms with Crippen LogP contribution in [0.3, 0.4) is 0 Å². The fourth-order valence-corrected chi connectivity index (χ4v) is 2.37. The molecule has 1 N–H and O–H groups in total. The highest BCUT2D eigenvalue weighted by Crippen LogP contribution is 2.26. The summed E-state index contributed by atoms with van der Waals surface area (Å²) >= 11 is 0. The third kappa shape index (κ3) is 2.25. The smallest absolute Gasteiger partial charge is 0.257 e. The molecule has 0 saturated carbocycles. The van der Waals surface area contributed by atoms with Gasteiger partial charge in [0, 0.05) is 18.7 Å². The predicted molar refractivity (Wildman–Crippen MR) is 62.4 cm³/mol. The number of amides is 1. The summed E-state index contributed by atoms with van der Waals surface area (Å²) in [5, 5.41) is 9.59. The molecule has 1 fully saturated rings. The molecular formula is C13H16FNO2. The molecule has 1 aromatic rings. The number of phenols is 1. The lowest BCUT2D eigenvalue weighted by Crippen LogP contribution is -2.35. The Morgan fingerprint density at radius 2 is 2.35 bits per heavy atom. The number of hydrogen-bond acceptors (Lipinski definition) is 2. The molecule has 0 radical (unpaired) electrons. The lowest BCUT2D eigenvalue weighted by Gasteiger charge is -2.24. The van der Waals surface area contributed by atoms with Crippen LogP contribution in [-0.2, 0) is 0 Å². The van der Waals surface area contributed by atoms with Gasteiger partial charge in [-0.1, -0.05) is 6.92 Å². The highest BCUT2D eigenvalue weighted by molar-refractivity contribution is 5.97. The van der Waals surface area contributed by atoms with E-state index >= 15 is 0 Å². The normalized spacial score (nSPS) is 19.6. The van der Waals surface area contributed by atoms with Crippen molar-refractivity contribution in [2.24, 2.45) is 0 Å². The number of aromatic hydroxyl groups is 1. The fraction of sp³-hybridized carbons (Fsp3) is 0.462. The minimum absolute atomic E-state index is 0.187. The van der Waals surface area contributed by atoms with Gasteiger partial charge in [-0.2, -0.15) is 0 Å². The number of phenolic OH excluding ortho intramolecular Hbond substituents is 1. The average molecular weight is 237 g/mol. The van der Waals surface area contributed by atoms with Crippen LogP contribution >= 0.6 is 0 Å². The number of nitrogens with zero attached hydrogens (tertiary/aromatic N) is 1. The number of hydrogen-bond donors (Lipinski definition) is 1. The molecule has 3 nitrogen and oxygen atoms in total. The van der Waals surface area contributed by atoms with E-state index in [4.69, 9.17) is 0 Å². The van der Waals surface area contributed by atoms with Crippen LogP contribution in [0.1, 0.15) is 36.5 Å². The van der Waals surface area contributed by atoms with Gasteiger partial charge in [-0.05, 0) is 31.4 Å². The number of carbonyl (C=O) groups is 1. The van der Waals surface area contributed by atoms with Gasteiger partial charge in [-0.25, -0.2) is 4.39 Å². The quantitative estimate of drug-likeness (QED) is 0.858. The van der Waals surface area contributed by atoms with Gasteiger partial charge in [-0.15, -0.1) is 0 Å². The van der Waals surface area contributed by atoms with Crippen molar-refractivity contribution in [3.8, 4) is 5.75 Å². The topological polar surface area (TPSA) is 40.5 Å². The maximum atomic E-state index is 12.8. The minimum atomic E-state index is -0.535. The SMILES string of the molecule is CCC1CCCN1C(=O)c1ccc(F)cc1O. The molecule has 1 unspecified atom stereocenters. The summed E-state index contributed by atoms with van der Waals surface area (Å²) in [4.78, 5) is 14.0. The second-order valence-corrected chi connectivity index (χ2v) is 4.36. The Hall–Kier alpha value is -1.58. The third-order valence-electron chi connectivity index (χ3n) is 3.30. The summed E-state index contributed by atoms with van der Waals surface area (Å²) in [6, 6.07) is 3.76. The zero-order valence-corrected chi connectivity index (χ0v) is 9.82. The van der Waals surface area contributed by atoms with E-state index in [2.05, 4.69) is 0 Å². The van der Waals surface area contributed by atoms with Crippen molar-refractivity contribution < 1.29 is 14.3 Å². The first kappa shape index (κ1) is 11.9. The molecule has 1 heterocycles. The van der Waals surface area contributed by atoms with E-state index in [0.29, 0.717) is 6.54 Å². The second kappa shape index (κ2) is 4.73. The van der Waals surface area contributed by atoms with Crippen molar-refractivity contribution in [3.63, 3.8) is 0 Å². The highest BCUT2D eigenvalue weighted by Gasteiger charge is 2.29. The van der Waals surface area contributed by atoms with E-state index < -0.39 is 5.82 Å². The predicted octanol–water partition coefficient (Wildman–Crippen LogP) is 2.55. The van der Waals surface area contributed by atoms with Crippen molar-refractivity contribution in [2.75, 3.05) is 6.54 Å². The lowest BCUT2D eigenvalue weighted by atomic mass is 10.1. The molecule has 0 bridgehead atoms. The first-order chi connectivity index (χ1) is 8.13. The summed E-state index contributed by atoms with van der Waals surface area (Å²) in [5.74, 6) is -1.02. The molecule has 1 aromatic carbocycles. The van der Waals surface area contributed by atoms with E-state index in [1.807, 2.05) is 6.92 Å². The first-order valence-corrected chi connectivity index (χ1v) is 5.93. The van der Waals surface area contributed by atoms with Crippen molar-refractivity contribution in [1.29, 1.82) is 0 Å². The molecule has 1 aliphatic rings. The summed E-state index contributed by atoms with van der Waals surface area (Å²) in [6.07, 6.45) is 2.91. The molecule has 17 heavy (non-hydrogen) atoms. The van der Waals surface area contributed by atoms with Gasteiger partial charge < -0.3 is 10.0 Å². The maximum absolute atomic E-state index is 12.8. The monoisotopic (exact) mass is 237 g/mol. The molecule has 0 spiro atoms. The zero-order chi connectivity index (χ0) is 12.4. The molecule has 2 rings (SSSR count). The number of halogens is 1. The molecule has 1 aliphatic heterocycles. The summed E-state index contributed by atoms with van der Waals surface area (Å²) in [7, 11) is 0. The zero-order valence-electron chi connectivity index (χ0n) is 9.82. The molecule has 92 valence electrons. The van der Waals surface area contributed by atoms with Crippen LogP contribution in [0, 0.1) is 5.82 Å². The Kier molecular flexibility index (Phi) is 3.31. The molecule has 1 saturated heterocycles. The van der Waals surface area contributed by atoms with Crippen LogP contribution < -0.4 is 0 Å². The van der Waals surface area contributed by atoms with Crippen LogP contribution in [0.25, 0.3) is 0 Å². The van der Waals surface area contributed by atoms with Crippen molar-refractivity contribution in [1.82, 2.24) is 4.90 Å². The molecule has 1 atom stereocenters. The molecule has 0 aromatic heterocycles. The van der Waals surface area contributed by atoms with Gasteiger partial charge in [0.05, 0.1) is 5.56 Å². The van der Waals surface area contributed by atoms with E-state index in [9.17, 15) is 14.3 Å². The summed E-state index contributed by atoms with van der Waals surface area (Å²) in [6.45, 7) is 2.76. The van der Waals surface area contributed by atoms with Crippen LogP contribution in [-0.4, -0.2) is 28.5 Å². The van der Waals surface area contributed by atoms with E-state index in [1.165, 1.54) is 12.1 Å². The van der Waals surface area contributed by atoms with Crippen LogP contribution in [0.15, 0.2) is 18.2 Å². The maximum Gasteiger partial charge on any atom is 0.257 e. The van der Waals surface area contributed by atoms with Gasteiger partial charge in [0.1, 0.15) is 11.6 Å². The van der Waals surface area contributed by atoms with Gasteiger partial charge >= 0.3 is 0 Å². The van der Waals surface area contributed by atoms with Crippen LogP contribution in [0.4, 0.5) is 4.39 Å². The standard InChI is InChI=1S/C13H16FNO2/c1-2-10-4-3-7-15(10)13(17)11-6-5-9(14)8-12(11)16/h5-6,8,10,16H,2-4,7H2,1H3. The third-order valence-corrected chi connectivity index (χ3v) is 3.30. The Labute approximate surface area is 99.9 Å². The largest absolute Gasteiger partial charge is 0.507 e. The van der Waals surface area contributed by atoms with Crippen LogP contribution in [0.2, 0.25) is 0 Å². The van der Waals surface area contributed by atoms with E-state index in [-0.39, 0.29) is 23.3 Å². The number of rotatable bonds is 2. The van der Waals surface area contributed by atoms with Gasteiger partial charge in [0.2, 0.25) is 0 Å². The second-order valence-electron chi connectivity index (χ2n) is 4.36. The Bertz CT molecular complexity index is 433. The Morgan fingerprint density at radius 1 is 1.59 bits per heavy atom. The van der Waals surface area contributed by atoms with Crippen LogP contribution in [0.5, 0.6) is 5.75 Å². The molecule has 1 amide bonds. The van der Waals surface area contributed by atoms with Crippen molar-refractivity contribution >= 4 is 5.91 Å². The molecular weight excluding hydrogens is 221 g/mol. The molecule has 0 aliphatic carbocycles. The van der Waals surface area contributed by atoms with Gasteiger partial charge in [-0.3, -0.25) is 4.79 Å². The average Bonchev–Trinajstić information content (AvgIpc) is 2.76. The van der Waals surface area contributed by atoms with E-state index in [1.54, 1.807) is 4.90 Å². The highest BCUT2D eigenvalue weighted by atomic mass is 19.1. The minimum Gasteiger partial charge on any atom is -0.507 e. The number of carbonyl (C=O) groups excluding carboxylic acids is 1. The Morgan fingerprint density at radius 3 is 3.00 bits per heavy atom. The van der Waals surface area contributed by atoms with Gasteiger partial charge in [0.25, 0.3) is 5.91 Å². The first-order valence-electron chi connectivity index (χ1n) is 5.93.